The standard InChI is InChI=1S/C12H15F3N4S2/c1-3-4-19(6-12(13,14)15)11-8(9(16)18-21-11)10-17-7(2)5-20-10/h5H,3-4,6H2,1-2H3,(H2,16,18). The van der Waals surface area contributed by atoms with Gasteiger partial charge in [0.2, 0.25) is 0 Å². The summed E-state index contributed by atoms with van der Waals surface area (Å²) >= 11 is 2.34. The second-order valence-electron chi connectivity index (χ2n) is 4.58. The summed E-state index contributed by atoms with van der Waals surface area (Å²) in [5.74, 6) is 0.229. The first-order valence-electron chi connectivity index (χ1n) is 6.31. The van der Waals surface area contributed by atoms with Gasteiger partial charge in [-0.1, -0.05) is 6.92 Å². The molecule has 0 atom stereocenters. The number of halogens is 3. The molecule has 0 aliphatic rings. The molecule has 0 amide bonds. The molecule has 0 spiro atoms. The van der Waals surface area contributed by atoms with Crippen LogP contribution in [0.4, 0.5) is 24.0 Å². The Morgan fingerprint density at radius 1 is 1.38 bits per heavy atom. The van der Waals surface area contributed by atoms with E-state index in [0.29, 0.717) is 28.5 Å². The van der Waals surface area contributed by atoms with E-state index in [2.05, 4.69) is 9.36 Å². The first-order chi connectivity index (χ1) is 9.81. The third-order valence-corrected chi connectivity index (χ3v) is 4.59. The van der Waals surface area contributed by atoms with E-state index in [1.807, 2.05) is 19.2 Å². The minimum absolute atomic E-state index is 0.229. The zero-order valence-electron chi connectivity index (χ0n) is 11.6. The summed E-state index contributed by atoms with van der Waals surface area (Å²) in [5, 5.41) is 2.88. The van der Waals surface area contributed by atoms with E-state index < -0.39 is 12.7 Å². The largest absolute Gasteiger partial charge is 0.405 e. The number of thiazole rings is 1. The summed E-state index contributed by atoms with van der Waals surface area (Å²) in [5.41, 5.74) is 7.16. The minimum atomic E-state index is -4.27. The molecule has 0 aliphatic carbocycles. The van der Waals surface area contributed by atoms with E-state index in [0.717, 1.165) is 17.2 Å². The van der Waals surface area contributed by atoms with Gasteiger partial charge in [0.25, 0.3) is 0 Å². The predicted molar refractivity (Wildman–Crippen MR) is 80.9 cm³/mol. The Hall–Kier alpha value is -1.35. The van der Waals surface area contributed by atoms with Crippen molar-refractivity contribution in [3.8, 4) is 10.6 Å². The first-order valence-corrected chi connectivity index (χ1v) is 7.96. The molecule has 21 heavy (non-hydrogen) atoms. The average Bonchev–Trinajstić information content (AvgIpc) is 2.93. The number of hydrogen-bond donors (Lipinski definition) is 1. The van der Waals surface area contributed by atoms with E-state index in [-0.39, 0.29) is 5.82 Å². The Bertz CT molecular complexity index is 606. The van der Waals surface area contributed by atoms with Crippen molar-refractivity contribution in [2.45, 2.75) is 26.4 Å². The molecule has 116 valence electrons. The van der Waals surface area contributed by atoms with Gasteiger partial charge in [-0.15, -0.1) is 11.3 Å². The zero-order chi connectivity index (χ0) is 15.6. The van der Waals surface area contributed by atoms with Gasteiger partial charge in [-0.05, 0) is 24.9 Å². The lowest BCUT2D eigenvalue weighted by Crippen LogP contribution is -2.34. The highest BCUT2D eigenvalue weighted by Gasteiger charge is 2.33. The fraction of sp³-hybridized carbons (Fsp3) is 0.500. The summed E-state index contributed by atoms with van der Waals surface area (Å²) in [4.78, 5) is 5.59. The van der Waals surface area contributed by atoms with Gasteiger partial charge in [0.05, 0.1) is 5.56 Å². The van der Waals surface area contributed by atoms with Crippen molar-refractivity contribution in [3.63, 3.8) is 0 Å². The first kappa shape index (κ1) is 16.0. The zero-order valence-corrected chi connectivity index (χ0v) is 13.2. The monoisotopic (exact) mass is 336 g/mol. The Morgan fingerprint density at radius 3 is 2.62 bits per heavy atom. The SMILES string of the molecule is CCCN(CC(F)(F)F)c1snc(N)c1-c1nc(C)cs1. The summed E-state index contributed by atoms with van der Waals surface area (Å²) in [7, 11) is 0. The molecule has 0 saturated carbocycles. The van der Waals surface area contributed by atoms with Gasteiger partial charge < -0.3 is 10.6 Å². The summed E-state index contributed by atoms with van der Waals surface area (Å²) in [6.07, 6.45) is -3.67. The molecule has 0 unspecified atom stereocenters. The van der Waals surface area contributed by atoms with Gasteiger partial charge in [0, 0.05) is 17.6 Å². The minimum Gasteiger partial charge on any atom is -0.382 e. The highest BCUT2D eigenvalue weighted by atomic mass is 32.1. The third kappa shape index (κ3) is 3.85. The molecule has 2 aromatic rings. The van der Waals surface area contributed by atoms with Crippen molar-refractivity contribution in [2.75, 3.05) is 23.7 Å². The molecule has 0 aromatic carbocycles. The number of rotatable bonds is 5. The molecule has 0 fully saturated rings. The molecular weight excluding hydrogens is 321 g/mol. The average molecular weight is 336 g/mol. The van der Waals surface area contributed by atoms with Gasteiger partial charge in [-0.3, -0.25) is 0 Å². The molecule has 2 heterocycles. The fourth-order valence-corrected chi connectivity index (χ4v) is 3.67. The number of alkyl halides is 3. The number of hydrogen-bond acceptors (Lipinski definition) is 6. The van der Waals surface area contributed by atoms with Gasteiger partial charge in [-0.2, -0.15) is 17.5 Å². The van der Waals surface area contributed by atoms with E-state index in [1.54, 1.807) is 0 Å². The number of aromatic nitrogens is 2. The topological polar surface area (TPSA) is 55.0 Å². The normalized spacial score (nSPS) is 11.9. The lowest BCUT2D eigenvalue weighted by atomic mass is 10.3. The van der Waals surface area contributed by atoms with Crippen LogP contribution >= 0.6 is 22.9 Å². The van der Waals surface area contributed by atoms with Crippen LogP contribution in [0.3, 0.4) is 0 Å². The van der Waals surface area contributed by atoms with Gasteiger partial charge in [-0.25, -0.2) is 4.98 Å². The van der Waals surface area contributed by atoms with Crippen LogP contribution in [0.25, 0.3) is 10.6 Å². The second-order valence-corrected chi connectivity index (χ2v) is 6.19. The van der Waals surface area contributed by atoms with Gasteiger partial charge in [0.15, 0.2) is 0 Å². The number of nitrogens with zero attached hydrogens (tertiary/aromatic N) is 3. The molecular formula is C12H15F3N4S2. The van der Waals surface area contributed by atoms with Crippen molar-refractivity contribution < 1.29 is 13.2 Å². The maximum atomic E-state index is 12.8. The quantitative estimate of drug-likeness (QED) is 0.899. The predicted octanol–water partition coefficient (Wildman–Crippen LogP) is 3.94. The van der Waals surface area contributed by atoms with Crippen molar-refractivity contribution in [2.24, 2.45) is 0 Å². The summed E-state index contributed by atoms with van der Waals surface area (Å²) in [6.45, 7) is 2.94. The maximum Gasteiger partial charge on any atom is 0.405 e. The molecule has 2 aromatic heterocycles. The lowest BCUT2D eigenvalue weighted by Gasteiger charge is -2.24. The van der Waals surface area contributed by atoms with Gasteiger partial charge >= 0.3 is 6.18 Å². The molecule has 2 rings (SSSR count). The summed E-state index contributed by atoms with van der Waals surface area (Å²) in [6, 6.07) is 0. The number of nitrogens with two attached hydrogens (primary N) is 1. The van der Waals surface area contributed by atoms with Crippen LogP contribution in [0.1, 0.15) is 19.0 Å². The van der Waals surface area contributed by atoms with E-state index in [9.17, 15) is 13.2 Å². The molecule has 9 heteroatoms. The van der Waals surface area contributed by atoms with E-state index in [1.165, 1.54) is 16.2 Å². The van der Waals surface area contributed by atoms with Crippen molar-refractivity contribution in [1.29, 1.82) is 0 Å². The Kier molecular flexibility index (Phi) is 4.72. The number of aryl methyl sites for hydroxylation is 1. The van der Waals surface area contributed by atoms with Crippen molar-refractivity contribution in [1.82, 2.24) is 9.36 Å². The molecule has 0 aliphatic heterocycles. The van der Waals surface area contributed by atoms with E-state index >= 15 is 0 Å². The molecule has 0 saturated heterocycles. The lowest BCUT2D eigenvalue weighted by molar-refractivity contribution is -0.119. The van der Waals surface area contributed by atoms with E-state index in [4.69, 9.17) is 5.73 Å². The fourth-order valence-electron chi connectivity index (χ4n) is 1.92. The Labute approximate surface area is 128 Å². The van der Waals surface area contributed by atoms with Crippen molar-refractivity contribution >= 4 is 33.7 Å². The van der Waals surface area contributed by atoms with Gasteiger partial charge in [0.1, 0.15) is 22.4 Å². The van der Waals surface area contributed by atoms with Crippen LogP contribution in [0, 0.1) is 6.92 Å². The Balaban J connectivity index is 2.42. The molecule has 0 radical (unpaired) electrons. The number of nitrogen functional groups attached to an aromatic ring is 1. The highest BCUT2D eigenvalue weighted by Crippen LogP contribution is 2.41. The molecule has 0 bridgehead atoms. The third-order valence-electron chi connectivity index (χ3n) is 2.68. The second kappa shape index (κ2) is 6.18. The van der Waals surface area contributed by atoms with Crippen LogP contribution < -0.4 is 10.6 Å². The Morgan fingerprint density at radius 2 is 2.10 bits per heavy atom. The molecule has 4 nitrogen and oxygen atoms in total. The van der Waals surface area contributed by atoms with Crippen LogP contribution in [-0.4, -0.2) is 28.6 Å². The van der Waals surface area contributed by atoms with Crippen LogP contribution in [0.2, 0.25) is 0 Å². The smallest absolute Gasteiger partial charge is 0.382 e. The van der Waals surface area contributed by atoms with Crippen LogP contribution in [0.15, 0.2) is 5.38 Å². The van der Waals surface area contributed by atoms with Crippen molar-refractivity contribution in [3.05, 3.63) is 11.1 Å². The number of anilines is 2. The highest BCUT2D eigenvalue weighted by molar-refractivity contribution is 7.15. The maximum absolute atomic E-state index is 12.8. The van der Waals surface area contributed by atoms with Crippen LogP contribution in [-0.2, 0) is 0 Å². The molecule has 2 N–H and O–H groups in total. The summed E-state index contributed by atoms with van der Waals surface area (Å²) < 4.78 is 42.3. The van der Waals surface area contributed by atoms with Crippen LogP contribution in [0.5, 0.6) is 0 Å².